The van der Waals surface area contributed by atoms with Crippen molar-refractivity contribution < 1.29 is 13.6 Å². The third kappa shape index (κ3) is 3.52. The van der Waals surface area contributed by atoms with Gasteiger partial charge in [0.1, 0.15) is 17.3 Å². The van der Waals surface area contributed by atoms with Gasteiger partial charge in [0.2, 0.25) is 0 Å². The number of halogens is 1. The van der Waals surface area contributed by atoms with Crippen molar-refractivity contribution in [2.75, 3.05) is 0 Å². The molecule has 0 radical (unpaired) electrons. The van der Waals surface area contributed by atoms with Crippen molar-refractivity contribution in [3.8, 4) is 11.3 Å². The van der Waals surface area contributed by atoms with Crippen LogP contribution in [0.15, 0.2) is 62.7 Å². The number of carbonyl (C=O) groups excluding carboxylic acids is 1. The average molecular weight is 329 g/mol. The lowest BCUT2D eigenvalue weighted by Crippen LogP contribution is -2.17. The van der Waals surface area contributed by atoms with Crippen molar-refractivity contribution in [2.45, 2.75) is 6.92 Å². The molecule has 2 heterocycles. The third-order valence-corrected chi connectivity index (χ3v) is 3.47. The Hall–Kier alpha value is -2.79. The van der Waals surface area contributed by atoms with Gasteiger partial charge in [0, 0.05) is 10.6 Å². The number of furan rings is 2. The second-order valence-corrected chi connectivity index (χ2v) is 5.23. The summed E-state index contributed by atoms with van der Waals surface area (Å²) in [4.78, 5) is 11.8. The minimum Gasteiger partial charge on any atom is -0.469 e. The molecule has 0 saturated carbocycles. The molecule has 0 spiro atoms. The fourth-order valence-corrected chi connectivity index (χ4v) is 2.15. The smallest absolute Gasteiger partial charge is 0.274 e. The van der Waals surface area contributed by atoms with E-state index in [4.69, 9.17) is 20.4 Å². The average Bonchev–Trinajstić information content (AvgIpc) is 3.17. The van der Waals surface area contributed by atoms with Crippen LogP contribution in [-0.2, 0) is 0 Å². The topological polar surface area (TPSA) is 67.7 Å². The van der Waals surface area contributed by atoms with Crippen molar-refractivity contribution in [1.82, 2.24) is 5.43 Å². The summed E-state index contributed by atoms with van der Waals surface area (Å²) in [6.07, 6.45) is 2.89. The van der Waals surface area contributed by atoms with Crippen LogP contribution in [0.25, 0.3) is 11.3 Å². The van der Waals surface area contributed by atoms with Gasteiger partial charge in [0.05, 0.1) is 18.0 Å². The Morgan fingerprint density at radius 2 is 1.96 bits per heavy atom. The van der Waals surface area contributed by atoms with Crippen LogP contribution in [0.1, 0.15) is 21.9 Å². The summed E-state index contributed by atoms with van der Waals surface area (Å²) in [5.41, 5.74) is 3.78. The zero-order valence-electron chi connectivity index (χ0n) is 12.2. The number of benzene rings is 1. The molecule has 6 heteroatoms. The minimum atomic E-state index is -0.336. The maximum Gasteiger partial charge on any atom is 0.274 e. The molecule has 5 nitrogen and oxygen atoms in total. The van der Waals surface area contributed by atoms with Crippen LogP contribution in [0.3, 0.4) is 0 Å². The van der Waals surface area contributed by atoms with Crippen molar-refractivity contribution in [2.24, 2.45) is 5.10 Å². The third-order valence-electron chi connectivity index (χ3n) is 3.22. The fourth-order valence-electron chi connectivity index (χ4n) is 2.03. The van der Waals surface area contributed by atoms with E-state index in [1.54, 1.807) is 31.2 Å². The van der Waals surface area contributed by atoms with E-state index in [1.165, 1.54) is 12.5 Å². The molecule has 0 unspecified atom stereocenters. The van der Waals surface area contributed by atoms with Gasteiger partial charge in [-0.3, -0.25) is 4.79 Å². The number of rotatable bonds is 4. The lowest BCUT2D eigenvalue weighted by molar-refractivity contribution is 0.0953. The molecule has 0 aliphatic rings. The standard InChI is InChI=1S/C17H13ClN2O3/c1-11-15(8-9-22-11)17(21)20-19-10-14-6-7-16(23-14)12-2-4-13(18)5-3-12/h2-10H,1H3,(H,20,21). The highest BCUT2D eigenvalue weighted by Gasteiger charge is 2.10. The molecule has 1 N–H and O–H groups in total. The van der Waals surface area contributed by atoms with Gasteiger partial charge in [0.25, 0.3) is 5.91 Å². The maximum absolute atomic E-state index is 11.8. The number of nitrogens with zero attached hydrogens (tertiary/aromatic N) is 1. The number of hydrazone groups is 1. The fraction of sp³-hybridized carbons (Fsp3) is 0.0588. The molecule has 0 aliphatic heterocycles. The molecular formula is C17H13ClN2O3. The van der Waals surface area contributed by atoms with Gasteiger partial charge in [-0.2, -0.15) is 5.10 Å². The number of aryl methyl sites for hydroxylation is 1. The van der Waals surface area contributed by atoms with E-state index in [0.717, 1.165) is 5.56 Å². The molecule has 3 rings (SSSR count). The molecule has 0 fully saturated rings. The molecule has 1 aromatic carbocycles. The number of hydrogen-bond donors (Lipinski definition) is 1. The molecule has 1 amide bonds. The van der Waals surface area contributed by atoms with Crippen molar-refractivity contribution in [1.29, 1.82) is 0 Å². The Balaban J connectivity index is 1.66. The second-order valence-electron chi connectivity index (χ2n) is 4.80. The summed E-state index contributed by atoms with van der Waals surface area (Å²) >= 11 is 5.86. The van der Waals surface area contributed by atoms with Crippen molar-refractivity contribution in [3.63, 3.8) is 0 Å². The molecule has 116 valence electrons. The van der Waals surface area contributed by atoms with E-state index in [2.05, 4.69) is 10.5 Å². The largest absolute Gasteiger partial charge is 0.469 e. The first-order valence-corrected chi connectivity index (χ1v) is 7.24. The van der Waals surface area contributed by atoms with E-state index < -0.39 is 0 Å². The quantitative estimate of drug-likeness (QED) is 0.574. The van der Waals surface area contributed by atoms with E-state index in [9.17, 15) is 4.79 Å². The van der Waals surface area contributed by atoms with E-state index >= 15 is 0 Å². The summed E-state index contributed by atoms with van der Waals surface area (Å²) in [6.45, 7) is 1.71. The van der Waals surface area contributed by atoms with E-state index in [0.29, 0.717) is 27.9 Å². The summed E-state index contributed by atoms with van der Waals surface area (Å²) in [6, 6.07) is 12.5. The van der Waals surface area contributed by atoms with Gasteiger partial charge >= 0.3 is 0 Å². The maximum atomic E-state index is 11.8. The van der Waals surface area contributed by atoms with Crippen molar-refractivity contribution in [3.05, 3.63) is 70.8 Å². The molecule has 0 saturated heterocycles. The molecule has 23 heavy (non-hydrogen) atoms. The normalized spacial score (nSPS) is 11.0. The summed E-state index contributed by atoms with van der Waals surface area (Å²) < 4.78 is 10.7. The molecular weight excluding hydrogens is 316 g/mol. The van der Waals surface area contributed by atoms with Crippen LogP contribution in [-0.4, -0.2) is 12.1 Å². The number of carbonyl (C=O) groups is 1. The molecule has 2 aromatic heterocycles. The Kier molecular flexibility index (Phi) is 4.30. The first kappa shape index (κ1) is 15.1. The SMILES string of the molecule is Cc1occc1C(=O)NN=Cc1ccc(-c2ccc(Cl)cc2)o1. The Labute approximate surface area is 137 Å². The van der Waals surface area contributed by atoms with E-state index in [-0.39, 0.29) is 5.91 Å². The van der Waals surface area contributed by atoms with E-state index in [1.807, 2.05) is 18.2 Å². The highest BCUT2D eigenvalue weighted by atomic mass is 35.5. The van der Waals surface area contributed by atoms with Crippen molar-refractivity contribution >= 4 is 23.7 Å². The first-order valence-electron chi connectivity index (χ1n) is 6.87. The van der Waals surface area contributed by atoms with Gasteiger partial charge in [-0.1, -0.05) is 11.6 Å². The zero-order chi connectivity index (χ0) is 16.2. The first-order chi connectivity index (χ1) is 11.1. The van der Waals surface area contributed by atoms with Gasteiger partial charge in [-0.05, 0) is 49.4 Å². The predicted octanol–water partition coefficient (Wildman–Crippen LogP) is 4.27. The second kappa shape index (κ2) is 6.54. The lowest BCUT2D eigenvalue weighted by Gasteiger charge is -1.97. The molecule has 3 aromatic rings. The zero-order valence-corrected chi connectivity index (χ0v) is 13.0. The van der Waals surface area contributed by atoms with Crippen LogP contribution in [0.4, 0.5) is 0 Å². The Morgan fingerprint density at radius 3 is 2.65 bits per heavy atom. The van der Waals surface area contributed by atoms with Gasteiger partial charge in [-0.15, -0.1) is 0 Å². The van der Waals surface area contributed by atoms with Crippen LogP contribution in [0.5, 0.6) is 0 Å². The Morgan fingerprint density at radius 1 is 1.17 bits per heavy atom. The number of nitrogens with one attached hydrogen (secondary N) is 1. The minimum absolute atomic E-state index is 0.336. The Bertz CT molecular complexity index is 847. The monoisotopic (exact) mass is 328 g/mol. The summed E-state index contributed by atoms with van der Waals surface area (Å²) in [5, 5.41) is 4.54. The van der Waals surface area contributed by atoms with Gasteiger partial charge in [-0.25, -0.2) is 5.43 Å². The molecule has 0 atom stereocenters. The number of amides is 1. The van der Waals surface area contributed by atoms with Gasteiger partial charge < -0.3 is 8.83 Å². The summed E-state index contributed by atoms with van der Waals surface area (Å²) in [7, 11) is 0. The lowest BCUT2D eigenvalue weighted by atomic mass is 10.2. The van der Waals surface area contributed by atoms with Crippen LogP contribution in [0.2, 0.25) is 5.02 Å². The van der Waals surface area contributed by atoms with Crippen LogP contribution < -0.4 is 5.43 Å². The predicted molar refractivity (Wildman–Crippen MR) is 87.7 cm³/mol. The van der Waals surface area contributed by atoms with Gasteiger partial charge in [0.15, 0.2) is 0 Å². The van der Waals surface area contributed by atoms with Crippen LogP contribution in [0, 0.1) is 6.92 Å². The van der Waals surface area contributed by atoms with Crippen LogP contribution >= 0.6 is 11.6 Å². The number of hydrogen-bond acceptors (Lipinski definition) is 4. The molecule has 0 aliphatic carbocycles. The molecule has 0 bridgehead atoms. The highest BCUT2D eigenvalue weighted by molar-refractivity contribution is 6.30. The highest BCUT2D eigenvalue weighted by Crippen LogP contribution is 2.23. The summed E-state index contributed by atoms with van der Waals surface area (Å²) in [5.74, 6) is 1.43.